The summed E-state index contributed by atoms with van der Waals surface area (Å²) in [6.07, 6.45) is 1.09. The minimum absolute atomic E-state index is 0.123. The third-order valence-electron chi connectivity index (χ3n) is 4.38. The monoisotopic (exact) mass is 281 g/mol. The van der Waals surface area contributed by atoms with E-state index in [0.29, 0.717) is 6.04 Å². The molecule has 110 valence electrons. The Morgan fingerprint density at radius 3 is 2.38 bits per heavy atom. The molecular formula is C19H23NO. The number of rotatable bonds is 2. The fourth-order valence-corrected chi connectivity index (χ4v) is 3.24. The summed E-state index contributed by atoms with van der Waals surface area (Å²) in [6.45, 7) is 6.43. The highest BCUT2D eigenvalue weighted by Gasteiger charge is 2.29. The molecule has 0 spiro atoms. The number of nitrogens with one attached hydrogen (secondary N) is 1. The number of fused-ring (bicyclic) bond motifs is 1. The maximum Gasteiger partial charge on any atom is 0.126 e. The molecule has 2 atom stereocenters. The number of ether oxygens (including phenoxy) is 1. The van der Waals surface area contributed by atoms with E-state index < -0.39 is 0 Å². The lowest BCUT2D eigenvalue weighted by Crippen LogP contribution is -2.27. The van der Waals surface area contributed by atoms with Crippen molar-refractivity contribution in [3.05, 3.63) is 64.2 Å². The van der Waals surface area contributed by atoms with Gasteiger partial charge in [0.15, 0.2) is 0 Å². The Morgan fingerprint density at radius 1 is 0.952 bits per heavy atom. The molecule has 0 saturated carbocycles. The third kappa shape index (κ3) is 2.68. The van der Waals surface area contributed by atoms with Crippen molar-refractivity contribution in [2.45, 2.75) is 39.3 Å². The highest BCUT2D eigenvalue weighted by Crippen LogP contribution is 2.41. The summed E-state index contributed by atoms with van der Waals surface area (Å²) in [6, 6.07) is 13.4. The molecule has 1 N–H and O–H groups in total. The van der Waals surface area contributed by atoms with E-state index in [2.05, 4.69) is 62.5 Å². The highest BCUT2D eigenvalue weighted by atomic mass is 16.5. The smallest absolute Gasteiger partial charge is 0.126 e. The molecule has 2 aromatic rings. The van der Waals surface area contributed by atoms with Crippen LogP contribution < -0.4 is 10.1 Å². The van der Waals surface area contributed by atoms with Gasteiger partial charge in [0.2, 0.25) is 0 Å². The van der Waals surface area contributed by atoms with Crippen molar-refractivity contribution in [3.63, 3.8) is 0 Å². The molecule has 0 aromatic heterocycles. The molecule has 21 heavy (non-hydrogen) atoms. The largest absolute Gasteiger partial charge is 0.485 e. The molecule has 2 aromatic carbocycles. The van der Waals surface area contributed by atoms with Crippen LogP contribution in [0, 0.1) is 20.8 Å². The zero-order valence-electron chi connectivity index (χ0n) is 13.2. The second-order valence-corrected chi connectivity index (χ2v) is 6.08. The van der Waals surface area contributed by atoms with Crippen molar-refractivity contribution in [3.8, 4) is 5.75 Å². The first-order valence-corrected chi connectivity index (χ1v) is 7.60. The zero-order chi connectivity index (χ0) is 15.0. The van der Waals surface area contributed by atoms with Gasteiger partial charge < -0.3 is 10.1 Å². The molecular weight excluding hydrogens is 258 g/mol. The average molecular weight is 281 g/mol. The molecule has 2 unspecified atom stereocenters. The van der Waals surface area contributed by atoms with Crippen molar-refractivity contribution in [2.75, 3.05) is 7.05 Å². The zero-order valence-corrected chi connectivity index (χ0v) is 13.2. The summed E-state index contributed by atoms with van der Waals surface area (Å²) in [5.74, 6) is 1.01. The Morgan fingerprint density at radius 2 is 1.67 bits per heavy atom. The summed E-state index contributed by atoms with van der Waals surface area (Å²) in [7, 11) is 2.03. The van der Waals surface area contributed by atoms with Crippen LogP contribution in [0.1, 0.15) is 46.4 Å². The van der Waals surface area contributed by atoms with Gasteiger partial charge in [-0.2, -0.15) is 0 Å². The Kier molecular flexibility index (Phi) is 3.73. The van der Waals surface area contributed by atoms with Gasteiger partial charge in [-0.1, -0.05) is 41.5 Å². The van der Waals surface area contributed by atoms with Crippen LogP contribution in [-0.2, 0) is 0 Å². The molecule has 1 aliphatic rings. The Balaban J connectivity index is 1.98. The molecule has 2 nitrogen and oxygen atoms in total. The number of benzene rings is 2. The lowest BCUT2D eigenvalue weighted by Gasteiger charge is -2.33. The van der Waals surface area contributed by atoms with Gasteiger partial charge >= 0.3 is 0 Å². The van der Waals surface area contributed by atoms with Gasteiger partial charge in [-0.05, 0) is 45.0 Å². The Bertz CT molecular complexity index is 663. The summed E-state index contributed by atoms with van der Waals surface area (Å²) >= 11 is 0. The Labute approximate surface area is 127 Å². The van der Waals surface area contributed by atoms with E-state index in [4.69, 9.17) is 4.74 Å². The van der Waals surface area contributed by atoms with Crippen LogP contribution in [0.25, 0.3) is 0 Å². The molecule has 3 rings (SSSR count). The predicted molar refractivity (Wildman–Crippen MR) is 86.9 cm³/mol. The average Bonchev–Trinajstić information content (AvgIpc) is 2.46. The van der Waals surface area contributed by atoms with E-state index in [1.54, 1.807) is 0 Å². The minimum atomic E-state index is 0.123. The summed E-state index contributed by atoms with van der Waals surface area (Å²) in [5, 5.41) is 3.44. The van der Waals surface area contributed by atoms with Crippen molar-refractivity contribution < 1.29 is 4.74 Å². The lowest BCUT2D eigenvalue weighted by atomic mass is 9.90. The standard InChI is InChI=1S/C19H23NO/c1-12-5-7-15(14(3)9-12)19-11-17(20-4)16-10-13(2)6-8-18(16)21-19/h5-10,17,19-20H,11H2,1-4H3. The molecule has 0 fully saturated rings. The maximum atomic E-state index is 6.29. The first kappa shape index (κ1) is 14.2. The van der Waals surface area contributed by atoms with Crippen molar-refractivity contribution in [1.82, 2.24) is 5.32 Å². The second kappa shape index (κ2) is 5.53. The first-order chi connectivity index (χ1) is 10.1. The van der Waals surface area contributed by atoms with Crippen molar-refractivity contribution in [2.24, 2.45) is 0 Å². The molecule has 1 aliphatic heterocycles. The molecule has 1 heterocycles. The fraction of sp³-hybridized carbons (Fsp3) is 0.368. The first-order valence-electron chi connectivity index (χ1n) is 7.60. The van der Waals surface area contributed by atoms with Gasteiger partial charge in [0.1, 0.15) is 11.9 Å². The molecule has 0 bridgehead atoms. The number of hydrogen-bond donors (Lipinski definition) is 1. The van der Waals surface area contributed by atoms with Crippen molar-refractivity contribution in [1.29, 1.82) is 0 Å². The van der Waals surface area contributed by atoms with Gasteiger partial charge in [0.25, 0.3) is 0 Å². The summed E-state index contributed by atoms with van der Waals surface area (Å²) < 4.78 is 6.29. The molecule has 0 saturated heterocycles. The van der Waals surface area contributed by atoms with Gasteiger partial charge in [0, 0.05) is 18.0 Å². The van der Waals surface area contributed by atoms with Gasteiger partial charge in [0.05, 0.1) is 0 Å². The minimum Gasteiger partial charge on any atom is -0.485 e. The van der Waals surface area contributed by atoms with E-state index >= 15 is 0 Å². The van der Waals surface area contributed by atoms with Crippen LogP contribution in [0.5, 0.6) is 5.75 Å². The van der Waals surface area contributed by atoms with E-state index in [1.165, 1.54) is 27.8 Å². The third-order valence-corrected chi connectivity index (χ3v) is 4.38. The van der Waals surface area contributed by atoms with Crippen LogP contribution in [0.4, 0.5) is 0 Å². The van der Waals surface area contributed by atoms with Crippen LogP contribution in [0.2, 0.25) is 0 Å². The maximum absolute atomic E-state index is 6.29. The fourth-order valence-electron chi connectivity index (χ4n) is 3.24. The molecule has 0 radical (unpaired) electrons. The number of aryl methyl sites for hydroxylation is 3. The van der Waals surface area contributed by atoms with E-state index in [1.807, 2.05) is 7.05 Å². The quantitative estimate of drug-likeness (QED) is 0.881. The normalized spacial score (nSPS) is 20.8. The van der Waals surface area contributed by atoms with E-state index in [0.717, 1.165) is 12.2 Å². The van der Waals surface area contributed by atoms with Gasteiger partial charge in [-0.3, -0.25) is 0 Å². The highest BCUT2D eigenvalue weighted by molar-refractivity contribution is 5.43. The Hall–Kier alpha value is -1.80. The lowest BCUT2D eigenvalue weighted by molar-refractivity contribution is 0.153. The predicted octanol–water partition coefficient (Wildman–Crippen LogP) is 4.40. The van der Waals surface area contributed by atoms with E-state index in [9.17, 15) is 0 Å². The van der Waals surface area contributed by atoms with Crippen LogP contribution in [0.15, 0.2) is 36.4 Å². The molecule has 0 aliphatic carbocycles. The van der Waals surface area contributed by atoms with Gasteiger partial charge in [-0.15, -0.1) is 0 Å². The van der Waals surface area contributed by atoms with Crippen LogP contribution in [0.3, 0.4) is 0 Å². The van der Waals surface area contributed by atoms with Gasteiger partial charge in [-0.25, -0.2) is 0 Å². The van der Waals surface area contributed by atoms with Crippen molar-refractivity contribution >= 4 is 0 Å². The van der Waals surface area contributed by atoms with Crippen LogP contribution in [-0.4, -0.2) is 7.05 Å². The topological polar surface area (TPSA) is 21.3 Å². The SMILES string of the molecule is CNC1CC(c2ccc(C)cc2C)Oc2ccc(C)cc21. The summed E-state index contributed by atoms with van der Waals surface area (Å²) in [4.78, 5) is 0. The summed E-state index contributed by atoms with van der Waals surface area (Å²) in [5.41, 5.74) is 6.46. The molecule has 0 amide bonds. The molecule has 2 heteroatoms. The van der Waals surface area contributed by atoms with Crippen LogP contribution >= 0.6 is 0 Å². The second-order valence-electron chi connectivity index (χ2n) is 6.08. The van der Waals surface area contributed by atoms with E-state index in [-0.39, 0.29) is 6.10 Å². The number of hydrogen-bond acceptors (Lipinski definition) is 2.